The van der Waals surface area contributed by atoms with Crippen LogP contribution in [0, 0.1) is 5.92 Å². The van der Waals surface area contributed by atoms with Gasteiger partial charge in [-0.1, -0.05) is 25.8 Å². The maximum Gasteiger partial charge on any atom is 0.0314 e. The van der Waals surface area contributed by atoms with Gasteiger partial charge in [0.1, 0.15) is 0 Å². The van der Waals surface area contributed by atoms with Crippen molar-refractivity contribution in [1.82, 2.24) is 0 Å². The van der Waals surface area contributed by atoms with Gasteiger partial charge in [0.15, 0.2) is 0 Å². The van der Waals surface area contributed by atoms with Crippen molar-refractivity contribution < 1.29 is 0 Å². The van der Waals surface area contributed by atoms with Gasteiger partial charge in [-0.15, -0.1) is 11.8 Å². The first-order valence-electron chi connectivity index (χ1n) is 6.78. The van der Waals surface area contributed by atoms with Crippen LogP contribution in [-0.4, -0.2) is 5.25 Å². The highest BCUT2D eigenvalue weighted by molar-refractivity contribution is 9.10. The molecule has 1 fully saturated rings. The molecule has 1 aromatic rings. The molecule has 1 saturated carbocycles. The van der Waals surface area contributed by atoms with Crippen molar-refractivity contribution in [1.29, 1.82) is 0 Å². The van der Waals surface area contributed by atoms with Gasteiger partial charge in [-0.3, -0.25) is 0 Å². The van der Waals surface area contributed by atoms with E-state index in [2.05, 4.69) is 41.1 Å². The Morgan fingerprint density at radius 3 is 2.78 bits per heavy atom. The highest BCUT2D eigenvalue weighted by atomic mass is 79.9. The molecule has 3 heteroatoms. The van der Waals surface area contributed by atoms with Gasteiger partial charge in [0.2, 0.25) is 0 Å². The molecule has 2 unspecified atom stereocenters. The molecule has 3 atom stereocenters. The van der Waals surface area contributed by atoms with Crippen LogP contribution in [-0.2, 0) is 0 Å². The third kappa shape index (κ3) is 3.75. The van der Waals surface area contributed by atoms with Crippen LogP contribution in [0.4, 0.5) is 0 Å². The average molecular weight is 328 g/mol. The second kappa shape index (κ2) is 6.44. The van der Waals surface area contributed by atoms with Crippen molar-refractivity contribution in [2.45, 2.75) is 55.7 Å². The molecule has 0 saturated heterocycles. The van der Waals surface area contributed by atoms with Gasteiger partial charge < -0.3 is 5.73 Å². The van der Waals surface area contributed by atoms with Crippen molar-refractivity contribution in [3.05, 3.63) is 28.2 Å². The lowest BCUT2D eigenvalue weighted by Crippen LogP contribution is -2.15. The van der Waals surface area contributed by atoms with E-state index in [-0.39, 0.29) is 6.04 Å². The summed E-state index contributed by atoms with van der Waals surface area (Å²) < 4.78 is 1.19. The zero-order chi connectivity index (χ0) is 13.1. The first-order chi connectivity index (χ1) is 8.56. The van der Waals surface area contributed by atoms with Crippen molar-refractivity contribution in [3.63, 3.8) is 0 Å². The predicted octanol–water partition coefficient (Wildman–Crippen LogP) is 5.14. The molecule has 1 aliphatic carbocycles. The van der Waals surface area contributed by atoms with Gasteiger partial charge in [0, 0.05) is 20.7 Å². The summed E-state index contributed by atoms with van der Waals surface area (Å²) in [5.41, 5.74) is 7.10. The second-order valence-corrected chi connectivity index (χ2v) is 7.69. The molecule has 2 rings (SSSR count). The van der Waals surface area contributed by atoms with Crippen LogP contribution in [0.3, 0.4) is 0 Å². The van der Waals surface area contributed by atoms with Crippen molar-refractivity contribution >= 4 is 27.7 Å². The Kier molecular flexibility index (Phi) is 5.16. The third-order valence-electron chi connectivity index (χ3n) is 3.66. The summed E-state index contributed by atoms with van der Waals surface area (Å²) in [6.07, 6.45) is 5.50. The first kappa shape index (κ1) is 14.4. The fraction of sp³-hybridized carbons (Fsp3) is 0.600. The number of rotatable bonds is 3. The number of benzene rings is 1. The molecule has 100 valence electrons. The number of halogens is 1. The van der Waals surface area contributed by atoms with E-state index < -0.39 is 0 Å². The minimum Gasteiger partial charge on any atom is -0.324 e. The smallest absolute Gasteiger partial charge is 0.0314 e. The van der Waals surface area contributed by atoms with Crippen molar-refractivity contribution in [3.8, 4) is 0 Å². The number of nitrogens with two attached hydrogens (primary N) is 1. The van der Waals surface area contributed by atoms with E-state index in [0.29, 0.717) is 0 Å². The summed E-state index contributed by atoms with van der Waals surface area (Å²) >= 11 is 5.71. The fourth-order valence-corrected chi connectivity index (χ4v) is 4.62. The van der Waals surface area contributed by atoms with Crippen molar-refractivity contribution in [2.75, 3.05) is 0 Å². The van der Waals surface area contributed by atoms with Gasteiger partial charge in [-0.25, -0.2) is 0 Å². The lowest BCUT2D eigenvalue weighted by atomic mass is 9.91. The molecule has 0 aromatic heterocycles. The van der Waals surface area contributed by atoms with E-state index in [9.17, 15) is 0 Å². The maximum atomic E-state index is 5.91. The van der Waals surface area contributed by atoms with Crippen LogP contribution in [0.25, 0.3) is 0 Å². The zero-order valence-corrected chi connectivity index (χ0v) is 13.6. The molecule has 18 heavy (non-hydrogen) atoms. The summed E-state index contributed by atoms with van der Waals surface area (Å²) in [6, 6.07) is 6.64. The topological polar surface area (TPSA) is 26.0 Å². The maximum absolute atomic E-state index is 5.91. The first-order valence-corrected chi connectivity index (χ1v) is 8.45. The minimum atomic E-state index is 0.107. The van der Waals surface area contributed by atoms with Crippen molar-refractivity contribution in [2.24, 2.45) is 11.7 Å². The molecule has 0 heterocycles. The van der Waals surface area contributed by atoms with Gasteiger partial charge in [-0.05, 0) is 59.3 Å². The normalized spacial score (nSPS) is 26.0. The van der Waals surface area contributed by atoms with E-state index in [0.717, 1.165) is 11.2 Å². The van der Waals surface area contributed by atoms with Gasteiger partial charge >= 0.3 is 0 Å². The van der Waals surface area contributed by atoms with E-state index in [1.165, 1.54) is 40.6 Å². The highest BCUT2D eigenvalue weighted by Crippen LogP contribution is 2.39. The molecule has 2 N–H and O–H groups in total. The summed E-state index contributed by atoms with van der Waals surface area (Å²) in [6.45, 7) is 4.40. The van der Waals surface area contributed by atoms with Crippen LogP contribution in [0.2, 0.25) is 0 Å². The van der Waals surface area contributed by atoms with E-state index in [1.54, 1.807) is 0 Å². The van der Waals surface area contributed by atoms with Gasteiger partial charge in [0.25, 0.3) is 0 Å². The molecular formula is C15H22BrNS. The second-order valence-electron chi connectivity index (χ2n) is 5.49. The highest BCUT2D eigenvalue weighted by Gasteiger charge is 2.20. The molecule has 1 aromatic carbocycles. The van der Waals surface area contributed by atoms with Crippen LogP contribution in [0.1, 0.15) is 51.1 Å². The lowest BCUT2D eigenvalue weighted by molar-refractivity contribution is 0.394. The molecule has 0 bridgehead atoms. The van der Waals surface area contributed by atoms with Crippen LogP contribution >= 0.6 is 27.7 Å². The summed E-state index contributed by atoms with van der Waals surface area (Å²) in [5, 5.41) is 0.784. The molecule has 0 aliphatic heterocycles. The van der Waals surface area contributed by atoms with Crippen LogP contribution < -0.4 is 5.73 Å². The van der Waals surface area contributed by atoms with Crippen LogP contribution in [0.15, 0.2) is 27.6 Å². The Bertz CT molecular complexity index is 405. The van der Waals surface area contributed by atoms with E-state index in [4.69, 9.17) is 5.73 Å². The van der Waals surface area contributed by atoms with Gasteiger partial charge in [-0.2, -0.15) is 0 Å². The molecule has 1 aliphatic rings. The summed E-state index contributed by atoms with van der Waals surface area (Å²) in [4.78, 5) is 1.36. The standard InChI is InChI=1S/C15H22BrNS/c1-10-4-3-5-13(8-10)18-15-7-6-12(11(2)17)9-14(15)16/h6-7,9-11,13H,3-5,8,17H2,1-2H3/t10?,11-,13?/m1/s1. The zero-order valence-electron chi connectivity index (χ0n) is 11.2. The summed E-state index contributed by atoms with van der Waals surface area (Å²) in [5.74, 6) is 0.887. The Labute approximate surface area is 123 Å². The Morgan fingerprint density at radius 1 is 1.39 bits per heavy atom. The molecular weight excluding hydrogens is 306 g/mol. The molecule has 1 nitrogen and oxygen atoms in total. The number of thioether (sulfide) groups is 1. The predicted molar refractivity (Wildman–Crippen MR) is 84.0 cm³/mol. The Balaban J connectivity index is 2.05. The molecule has 0 radical (unpaired) electrons. The van der Waals surface area contributed by atoms with Gasteiger partial charge in [0.05, 0.1) is 0 Å². The quantitative estimate of drug-likeness (QED) is 0.831. The molecule has 0 spiro atoms. The summed E-state index contributed by atoms with van der Waals surface area (Å²) in [7, 11) is 0. The fourth-order valence-electron chi connectivity index (χ4n) is 2.56. The SMILES string of the molecule is CC1CCCC(Sc2ccc([C@@H](C)N)cc2Br)C1. The Morgan fingerprint density at radius 2 is 2.17 bits per heavy atom. The Hall–Kier alpha value is 0.01000. The minimum absolute atomic E-state index is 0.107. The third-order valence-corrected chi connectivity index (χ3v) is 5.95. The molecule has 0 amide bonds. The number of hydrogen-bond donors (Lipinski definition) is 1. The average Bonchev–Trinajstić information content (AvgIpc) is 2.31. The largest absolute Gasteiger partial charge is 0.324 e. The lowest BCUT2D eigenvalue weighted by Gasteiger charge is -2.26. The van der Waals surface area contributed by atoms with E-state index >= 15 is 0 Å². The monoisotopic (exact) mass is 327 g/mol. The van der Waals surface area contributed by atoms with E-state index in [1.807, 2.05) is 18.7 Å². The number of hydrogen-bond acceptors (Lipinski definition) is 2. The van der Waals surface area contributed by atoms with Crippen LogP contribution in [0.5, 0.6) is 0 Å².